The molecule has 0 saturated heterocycles. The van der Waals surface area contributed by atoms with Crippen LogP contribution in [-0.4, -0.2) is 20.0 Å². The predicted octanol–water partition coefficient (Wildman–Crippen LogP) is 3.82. The number of anilines is 1. The van der Waals surface area contributed by atoms with Crippen LogP contribution in [0.4, 0.5) is 5.69 Å². The molecule has 0 bridgehead atoms. The zero-order chi connectivity index (χ0) is 15.6. The molecule has 110 valence electrons. The number of halogens is 2. The molecule has 0 fully saturated rings. The van der Waals surface area contributed by atoms with Crippen molar-refractivity contribution < 1.29 is 14.3 Å². The van der Waals surface area contributed by atoms with Gasteiger partial charge in [0.05, 0.1) is 30.0 Å². The van der Waals surface area contributed by atoms with Crippen LogP contribution in [0.5, 0.6) is 11.5 Å². The fourth-order valence-electron chi connectivity index (χ4n) is 1.93. The summed E-state index contributed by atoms with van der Waals surface area (Å²) in [6, 6.07) is 8.03. The molecule has 0 aromatic heterocycles. The van der Waals surface area contributed by atoms with E-state index in [-0.39, 0.29) is 21.5 Å². The van der Waals surface area contributed by atoms with Crippen molar-refractivity contribution in [3.8, 4) is 11.5 Å². The number of ether oxygens (including phenoxy) is 2. The molecule has 0 aliphatic rings. The molecule has 0 amide bonds. The molecule has 4 nitrogen and oxygen atoms in total. The number of nitrogens with two attached hydrogens (primary N) is 1. The fourth-order valence-corrected chi connectivity index (χ4v) is 2.42. The second-order valence-electron chi connectivity index (χ2n) is 4.22. The van der Waals surface area contributed by atoms with Crippen LogP contribution in [0.3, 0.4) is 0 Å². The van der Waals surface area contributed by atoms with Crippen molar-refractivity contribution in [1.29, 1.82) is 0 Å². The zero-order valence-corrected chi connectivity index (χ0v) is 13.0. The van der Waals surface area contributed by atoms with Gasteiger partial charge in [-0.3, -0.25) is 4.79 Å². The van der Waals surface area contributed by atoms with Crippen molar-refractivity contribution >= 4 is 34.7 Å². The number of methoxy groups -OCH3 is 2. The SMILES string of the molecule is COc1cccc(OC)c1C(=O)c1cc(Cl)c(N)c(Cl)c1. The van der Waals surface area contributed by atoms with Gasteiger partial charge in [-0.05, 0) is 24.3 Å². The second-order valence-corrected chi connectivity index (χ2v) is 5.03. The number of carbonyl (C=O) groups is 1. The van der Waals surface area contributed by atoms with Crippen LogP contribution in [-0.2, 0) is 0 Å². The van der Waals surface area contributed by atoms with E-state index in [1.165, 1.54) is 26.4 Å². The van der Waals surface area contributed by atoms with Crippen molar-refractivity contribution in [3.63, 3.8) is 0 Å². The Balaban J connectivity index is 2.60. The minimum absolute atomic E-state index is 0.222. The van der Waals surface area contributed by atoms with Crippen molar-refractivity contribution in [3.05, 3.63) is 51.5 Å². The zero-order valence-electron chi connectivity index (χ0n) is 11.4. The van der Waals surface area contributed by atoms with E-state index in [1.54, 1.807) is 18.2 Å². The Morgan fingerprint density at radius 1 is 1.05 bits per heavy atom. The third kappa shape index (κ3) is 2.91. The molecule has 2 aromatic rings. The lowest BCUT2D eigenvalue weighted by Gasteiger charge is -2.13. The van der Waals surface area contributed by atoms with Gasteiger partial charge in [-0.15, -0.1) is 0 Å². The number of rotatable bonds is 4. The van der Waals surface area contributed by atoms with Crippen LogP contribution in [0.25, 0.3) is 0 Å². The highest BCUT2D eigenvalue weighted by Gasteiger charge is 2.21. The Hall–Kier alpha value is -1.91. The van der Waals surface area contributed by atoms with Crippen molar-refractivity contribution in [1.82, 2.24) is 0 Å². The molecule has 2 aromatic carbocycles. The summed E-state index contributed by atoms with van der Waals surface area (Å²) >= 11 is 11.9. The Morgan fingerprint density at radius 2 is 1.52 bits per heavy atom. The Morgan fingerprint density at radius 3 is 1.95 bits per heavy atom. The van der Waals surface area contributed by atoms with Crippen LogP contribution >= 0.6 is 23.2 Å². The number of benzene rings is 2. The molecule has 0 saturated carbocycles. The second kappa shape index (κ2) is 6.24. The first-order valence-corrected chi connectivity index (χ1v) is 6.75. The minimum atomic E-state index is -0.312. The summed E-state index contributed by atoms with van der Waals surface area (Å²) in [6.07, 6.45) is 0. The fraction of sp³-hybridized carbons (Fsp3) is 0.133. The quantitative estimate of drug-likeness (QED) is 0.685. The van der Waals surface area contributed by atoms with E-state index < -0.39 is 0 Å². The van der Waals surface area contributed by atoms with Gasteiger partial charge >= 0.3 is 0 Å². The van der Waals surface area contributed by atoms with Crippen molar-refractivity contribution in [2.45, 2.75) is 0 Å². The van der Waals surface area contributed by atoms with Crippen LogP contribution in [0, 0.1) is 0 Å². The van der Waals surface area contributed by atoms with Gasteiger partial charge in [0.1, 0.15) is 17.1 Å². The Kier molecular flexibility index (Phi) is 4.60. The third-order valence-electron chi connectivity index (χ3n) is 3.00. The number of hydrogen-bond acceptors (Lipinski definition) is 4. The van der Waals surface area contributed by atoms with Gasteiger partial charge in [-0.25, -0.2) is 0 Å². The number of hydrogen-bond donors (Lipinski definition) is 1. The van der Waals surface area contributed by atoms with E-state index in [2.05, 4.69) is 0 Å². The summed E-state index contributed by atoms with van der Waals surface area (Å²) in [6.45, 7) is 0. The van der Waals surface area contributed by atoms with E-state index in [9.17, 15) is 4.79 Å². The highest BCUT2D eigenvalue weighted by Crippen LogP contribution is 2.34. The van der Waals surface area contributed by atoms with Crippen molar-refractivity contribution in [2.75, 3.05) is 20.0 Å². The largest absolute Gasteiger partial charge is 0.496 e. The Labute approximate surface area is 132 Å². The average Bonchev–Trinajstić information content (AvgIpc) is 2.50. The summed E-state index contributed by atoms with van der Waals surface area (Å²) in [4.78, 5) is 12.7. The molecule has 0 unspecified atom stereocenters. The average molecular weight is 326 g/mol. The predicted molar refractivity (Wildman–Crippen MR) is 83.9 cm³/mol. The lowest BCUT2D eigenvalue weighted by molar-refractivity contribution is 0.103. The van der Waals surface area contributed by atoms with Crippen LogP contribution in [0.15, 0.2) is 30.3 Å². The summed E-state index contributed by atoms with van der Waals surface area (Å²) in [5.41, 5.74) is 6.53. The van der Waals surface area contributed by atoms with Gasteiger partial charge in [0.2, 0.25) is 5.78 Å². The molecule has 0 radical (unpaired) electrons. The standard InChI is InChI=1S/C15H13Cl2NO3/c1-20-11-4-3-5-12(21-2)13(11)15(19)8-6-9(16)14(18)10(17)7-8/h3-7H,18H2,1-2H3. The van der Waals surface area contributed by atoms with Crippen LogP contribution < -0.4 is 15.2 Å². The van der Waals surface area contributed by atoms with Crippen molar-refractivity contribution in [2.24, 2.45) is 0 Å². The monoisotopic (exact) mass is 325 g/mol. The van der Waals surface area contributed by atoms with Gasteiger partial charge in [-0.2, -0.15) is 0 Å². The van der Waals surface area contributed by atoms with Crippen LogP contribution in [0.2, 0.25) is 10.0 Å². The van der Waals surface area contributed by atoms with Gasteiger partial charge < -0.3 is 15.2 Å². The number of ketones is 1. The van der Waals surface area contributed by atoms with E-state index in [1.807, 2.05) is 0 Å². The summed E-state index contributed by atoms with van der Waals surface area (Å²) in [5.74, 6) is 0.500. The first-order chi connectivity index (χ1) is 9.99. The maximum atomic E-state index is 12.7. The highest BCUT2D eigenvalue weighted by atomic mass is 35.5. The molecule has 21 heavy (non-hydrogen) atoms. The molecular formula is C15H13Cl2NO3. The third-order valence-corrected chi connectivity index (χ3v) is 3.62. The van der Waals surface area contributed by atoms with Gasteiger partial charge in [0, 0.05) is 5.56 Å². The normalized spacial score (nSPS) is 10.3. The molecule has 2 N–H and O–H groups in total. The van der Waals surface area contributed by atoms with E-state index in [0.717, 1.165) is 0 Å². The first kappa shape index (κ1) is 15.5. The molecule has 2 rings (SSSR count). The number of nitrogen functional groups attached to an aromatic ring is 1. The summed E-state index contributed by atoms with van der Waals surface area (Å²) < 4.78 is 10.4. The topological polar surface area (TPSA) is 61.5 Å². The molecule has 0 spiro atoms. The van der Waals surface area contributed by atoms with E-state index in [4.69, 9.17) is 38.4 Å². The smallest absolute Gasteiger partial charge is 0.200 e. The van der Waals surface area contributed by atoms with Gasteiger partial charge in [0.15, 0.2) is 0 Å². The highest BCUT2D eigenvalue weighted by molar-refractivity contribution is 6.39. The molecular weight excluding hydrogens is 313 g/mol. The summed E-state index contributed by atoms with van der Waals surface area (Å²) in [5, 5.41) is 0.444. The number of carbonyl (C=O) groups excluding carboxylic acids is 1. The lowest BCUT2D eigenvalue weighted by atomic mass is 10.0. The molecule has 0 heterocycles. The summed E-state index contributed by atoms with van der Waals surface area (Å²) in [7, 11) is 2.96. The van der Waals surface area contributed by atoms with Gasteiger partial charge in [0.25, 0.3) is 0 Å². The molecule has 6 heteroatoms. The maximum absolute atomic E-state index is 12.7. The van der Waals surface area contributed by atoms with Gasteiger partial charge in [-0.1, -0.05) is 29.3 Å². The Bertz CT molecular complexity index is 656. The van der Waals surface area contributed by atoms with Crippen LogP contribution in [0.1, 0.15) is 15.9 Å². The van der Waals surface area contributed by atoms with E-state index >= 15 is 0 Å². The maximum Gasteiger partial charge on any atom is 0.200 e. The lowest BCUT2D eigenvalue weighted by Crippen LogP contribution is -2.07. The molecule has 0 atom stereocenters. The first-order valence-electron chi connectivity index (χ1n) is 5.99. The molecule has 0 aliphatic heterocycles. The van der Waals surface area contributed by atoms with E-state index in [0.29, 0.717) is 22.6 Å². The minimum Gasteiger partial charge on any atom is -0.496 e. The molecule has 0 aliphatic carbocycles.